The van der Waals surface area contributed by atoms with E-state index in [1.165, 1.54) is 11.1 Å². The molecule has 21 heavy (non-hydrogen) atoms. The summed E-state index contributed by atoms with van der Waals surface area (Å²) in [5.41, 5.74) is 3.68. The van der Waals surface area contributed by atoms with E-state index in [0.717, 1.165) is 30.9 Å². The first-order valence-electron chi connectivity index (χ1n) is 7.46. The van der Waals surface area contributed by atoms with Crippen molar-refractivity contribution in [2.75, 3.05) is 18.0 Å². The van der Waals surface area contributed by atoms with Crippen LogP contribution in [0, 0.1) is 6.92 Å². The van der Waals surface area contributed by atoms with E-state index in [4.69, 9.17) is 4.74 Å². The molecule has 0 spiro atoms. The van der Waals surface area contributed by atoms with Crippen LogP contribution in [0.5, 0.6) is 11.5 Å². The van der Waals surface area contributed by atoms with Gasteiger partial charge in [0.25, 0.3) is 0 Å². The molecule has 3 nitrogen and oxygen atoms in total. The molecular formula is C18H21NO2. The van der Waals surface area contributed by atoms with Crippen LogP contribution in [0.3, 0.4) is 0 Å². The van der Waals surface area contributed by atoms with E-state index in [0.29, 0.717) is 0 Å². The van der Waals surface area contributed by atoms with Crippen molar-refractivity contribution >= 4 is 5.69 Å². The summed E-state index contributed by atoms with van der Waals surface area (Å²) < 4.78 is 6.10. The lowest BCUT2D eigenvalue weighted by Gasteiger charge is -2.36. The van der Waals surface area contributed by atoms with Gasteiger partial charge in [-0.2, -0.15) is 0 Å². The van der Waals surface area contributed by atoms with Gasteiger partial charge in [-0.1, -0.05) is 24.3 Å². The van der Waals surface area contributed by atoms with Crippen molar-refractivity contribution in [1.82, 2.24) is 0 Å². The third kappa shape index (κ3) is 2.82. The third-order valence-corrected chi connectivity index (χ3v) is 4.09. The Morgan fingerprint density at radius 2 is 2.05 bits per heavy atom. The number of phenolic OH excluding ortho intramolecular Hbond substituents is 1. The number of ether oxygens (including phenoxy) is 1. The van der Waals surface area contributed by atoms with Crippen LogP contribution in [0.4, 0.5) is 5.69 Å². The molecule has 0 saturated heterocycles. The average molecular weight is 283 g/mol. The van der Waals surface area contributed by atoms with Crippen LogP contribution in [-0.2, 0) is 6.42 Å². The molecule has 110 valence electrons. The number of hydrogen-bond donors (Lipinski definition) is 1. The fraction of sp³-hybridized carbons (Fsp3) is 0.333. The van der Waals surface area contributed by atoms with Gasteiger partial charge >= 0.3 is 0 Å². The number of rotatable bonds is 3. The van der Waals surface area contributed by atoms with Crippen LogP contribution in [0.1, 0.15) is 18.1 Å². The smallest absolute Gasteiger partial charge is 0.146 e. The van der Waals surface area contributed by atoms with Crippen molar-refractivity contribution in [2.24, 2.45) is 0 Å². The minimum atomic E-state index is 0.111. The molecular weight excluding hydrogens is 262 g/mol. The lowest BCUT2D eigenvalue weighted by atomic mass is 10.0. The average Bonchev–Trinajstić information content (AvgIpc) is 2.48. The zero-order valence-electron chi connectivity index (χ0n) is 12.5. The summed E-state index contributed by atoms with van der Waals surface area (Å²) in [6.45, 7) is 6.09. The molecule has 3 rings (SSSR count). The van der Waals surface area contributed by atoms with Gasteiger partial charge < -0.3 is 14.7 Å². The molecule has 0 aromatic heterocycles. The summed E-state index contributed by atoms with van der Waals surface area (Å²) >= 11 is 0. The maximum Gasteiger partial charge on any atom is 0.146 e. The first-order chi connectivity index (χ1) is 10.2. The van der Waals surface area contributed by atoms with Crippen molar-refractivity contribution in [1.29, 1.82) is 0 Å². The summed E-state index contributed by atoms with van der Waals surface area (Å²) in [5.74, 6) is 1.03. The van der Waals surface area contributed by atoms with E-state index < -0.39 is 0 Å². The van der Waals surface area contributed by atoms with Gasteiger partial charge in [0.2, 0.25) is 0 Å². The zero-order chi connectivity index (χ0) is 14.8. The minimum absolute atomic E-state index is 0.111. The highest BCUT2D eigenvalue weighted by molar-refractivity contribution is 5.62. The van der Waals surface area contributed by atoms with Crippen LogP contribution in [0.2, 0.25) is 0 Å². The largest absolute Gasteiger partial charge is 0.508 e. The third-order valence-electron chi connectivity index (χ3n) is 4.09. The predicted molar refractivity (Wildman–Crippen MR) is 85.3 cm³/mol. The first kappa shape index (κ1) is 13.8. The van der Waals surface area contributed by atoms with Gasteiger partial charge in [0, 0.05) is 19.0 Å². The van der Waals surface area contributed by atoms with Crippen LogP contribution in [0.25, 0.3) is 0 Å². The van der Waals surface area contributed by atoms with E-state index in [2.05, 4.69) is 43.0 Å². The molecule has 1 aliphatic heterocycles. The molecule has 1 N–H and O–H groups in total. The summed E-state index contributed by atoms with van der Waals surface area (Å²) in [7, 11) is 0. The monoisotopic (exact) mass is 283 g/mol. The molecule has 0 amide bonds. The van der Waals surface area contributed by atoms with Gasteiger partial charge in [-0.3, -0.25) is 0 Å². The summed E-state index contributed by atoms with van der Waals surface area (Å²) in [6.07, 6.45) is 0.999. The van der Waals surface area contributed by atoms with Gasteiger partial charge in [-0.15, -0.1) is 0 Å². The number of benzene rings is 2. The van der Waals surface area contributed by atoms with E-state index in [-0.39, 0.29) is 11.9 Å². The van der Waals surface area contributed by atoms with Crippen LogP contribution in [0.15, 0.2) is 42.5 Å². The molecule has 1 atom stereocenters. The minimum Gasteiger partial charge on any atom is -0.508 e. The topological polar surface area (TPSA) is 32.7 Å². The van der Waals surface area contributed by atoms with Gasteiger partial charge in [-0.05, 0) is 37.1 Å². The molecule has 0 bridgehead atoms. The summed E-state index contributed by atoms with van der Waals surface area (Å²) in [4.78, 5) is 2.31. The Morgan fingerprint density at radius 1 is 1.24 bits per heavy atom. The Hall–Kier alpha value is -2.16. The lowest BCUT2D eigenvalue weighted by molar-refractivity contribution is 0.193. The number of hydrogen-bond acceptors (Lipinski definition) is 3. The SMILES string of the molecule is CCN1CC(Cc2ccccc2C)Oc2cc(O)ccc21. The standard InChI is InChI=1S/C18H21NO2/c1-3-19-12-16(10-14-7-5-4-6-13(14)2)21-18-11-15(20)8-9-17(18)19/h4-9,11,16,20H,3,10,12H2,1-2H3. The molecule has 0 aliphatic carbocycles. The molecule has 0 saturated carbocycles. The molecule has 2 aromatic carbocycles. The highest BCUT2D eigenvalue weighted by Crippen LogP contribution is 2.36. The Balaban J connectivity index is 1.85. The molecule has 0 radical (unpaired) electrons. The van der Waals surface area contributed by atoms with Gasteiger partial charge in [0.15, 0.2) is 0 Å². The van der Waals surface area contributed by atoms with Crippen molar-refractivity contribution in [3.8, 4) is 11.5 Å². The number of phenols is 1. The highest BCUT2D eigenvalue weighted by atomic mass is 16.5. The van der Waals surface area contributed by atoms with Crippen LogP contribution in [-0.4, -0.2) is 24.3 Å². The summed E-state index contributed by atoms with van der Waals surface area (Å²) in [6, 6.07) is 13.8. The maximum atomic E-state index is 9.67. The van der Waals surface area contributed by atoms with Crippen molar-refractivity contribution in [3.63, 3.8) is 0 Å². The molecule has 1 unspecified atom stereocenters. The maximum absolute atomic E-state index is 9.67. The molecule has 1 aliphatic rings. The predicted octanol–water partition coefficient (Wildman–Crippen LogP) is 3.53. The quantitative estimate of drug-likeness (QED) is 0.935. The van der Waals surface area contributed by atoms with E-state index >= 15 is 0 Å². The molecule has 0 fully saturated rings. The Kier molecular flexibility index (Phi) is 3.74. The van der Waals surface area contributed by atoms with Crippen molar-refractivity contribution in [2.45, 2.75) is 26.4 Å². The number of aryl methyl sites for hydroxylation is 1. The highest BCUT2D eigenvalue weighted by Gasteiger charge is 2.25. The molecule has 3 heteroatoms. The van der Waals surface area contributed by atoms with E-state index in [1.54, 1.807) is 12.1 Å². The van der Waals surface area contributed by atoms with Crippen molar-refractivity contribution < 1.29 is 9.84 Å². The second-order valence-electron chi connectivity index (χ2n) is 5.56. The van der Waals surface area contributed by atoms with Crippen LogP contribution >= 0.6 is 0 Å². The van der Waals surface area contributed by atoms with Gasteiger partial charge in [0.1, 0.15) is 17.6 Å². The number of likely N-dealkylation sites (N-methyl/N-ethyl adjacent to an activating group) is 1. The molecule has 2 aromatic rings. The lowest BCUT2D eigenvalue weighted by Crippen LogP contribution is -2.41. The number of nitrogens with zero attached hydrogens (tertiary/aromatic N) is 1. The molecule has 1 heterocycles. The number of aromatic hydroxyl groups is 1. The number of anilines is 1. The van der Waals surface area contributed by atoms with Gasteiger partial charge in [0.05, 0.1) is 12.2 Å². The second kappa shape index (κ2) is 5.68. The fourth-order valence-electron chi connectivity index (χ4n) is 2.91. The van der Waals surface area contributed by atoms with Crippen LogP contribution < -0.4 is 9.64 Å². The number of fused-ring (bicyclic) bond motifs is 1. The van der Waals surface area contributed by atoms with Gasteiger partial charge in [-0.25, -0.2) is 0 Å². The fourth-order valence-corrected chi connectivity index (χ4v) is 2.91. The normalized spacial score (nSPS) is 17.2. The first-order valence-corrected chi connectivity index (χ1v) is 7.46. The Labute approximate surface area is 125 Å². The Morgan fingerprint density at radius 3 is 2.81 bits per heavy atom. The van der Waals surface area contributed by atoms with E-state index in [1.807, 2.05) is 6.07 Å². The van der Waals surface area contributed by atoms with E-state index in [9.17, 15) is 5.11 Å². The zero-order valence-corrected chi connectivity index (χ0v) is 12.5. The Bertz CT molecular complexity index is 639. The summed E-state index contributed by atoms with van der Waals surface area (Å²) in [5, 5.41) is 9.67. The van der Waals surface area contributed by atoms with Crippen molar-refractivity contribution in [3.05, 3.63) is 53.6 Å². The second-order valence-corrected chi connectivity index (χ2v) is 5.56.